The maximum Gasteiger partial charge on any atom is 0.412 e. The molecule has 6 heteroatoms. The van der Waals surface area contributed by atoms with Gasteiger partial charge < -0.3 is 15.2 Å². The molecular weight excluding hydrogens is 306 g/mol. The Labute approximate surface area is 142 Å². The van der Waals surface area contributed by atoms with Crippen molar-refractivity contribution >= 4 is 17.6 Å². The number of amides is 1. The van der Waals surface area contributed by atoms with E-state index in [0.717, 1.165) is 24.3 Å². The smallest absolute Gasteiger partial charge is 0.412 e. The Morgan fingerprint density at radius 1 is 1.17 bits per heavy atom. The fourth-order valence-electron chi connectivity index (χ4n) is 1.98. The third-order valence-corrected chi connectivity index (χ3v) is 3.27. The molecule has 0 unspecified atom stereocenters. The third kappa shape index (κ3) is 6.16. The molecule has 0 aliphatic carbocycles. The zero-order chi connectivity index (χ0) is 17.2. The highest BCUT2D eigenvalue weighted by Gasteiger charge is 2.05. The lowest BCUT2D eigenvalue weighted by Crippen LogP contribution is -2.15. The minimum Gasteiger partial charge on any atom is -0.493 e. The lowest BCUT2D eigenvalue weighted by molar-refractivity contribution is 0.160. The van der Waals surface area contributed by atoms with Crippen LogP contribution in [0.1, 0.15) is 25.5 Å². The molecule has 0 saturated heterocycles. The van der Waals surface area contributed by atoms with Gasteiger partial charge in [-0.3, -0.25) is 5.32 Å². The Bertz CT molecular complexity index is 644. The predicted molar refractivity (Wildman–Crippen MR) is 94.2 cm³/mol. The number of nitrogens with two attached hydrogens (primary N) is 1. The number of aromatic nitrogens is 1. The van der Waals surface area contributed by atoms with Crippen LogP contribution in [0.3, 0.4) is 0 Å². The fourth-order valence-corrected chi connectivity index (χ4v) is 1.98. The summed E-state index contributed by atoms with van der Waals surface area (Å²) in [7, 11) is 0. The Kier molecular flexibility index (Phi) is 6.89. The zero-order valence-electron chi connectivity index (χ0n) is 13.8. The number of hydrogen-bond acceptors (Lipinski definition) is 5. The molecule has 0 bridgehead atoms. The number of rotatable bonds is 8. The summed E-state index contributed by atoms with van der Waals surface area (Å²) in [6.45, 7) is 2.94. The molecule has 0 aliphatic heterocycles. The molecule has 2 rings (SSSR count). The molecule has 1 amide bonds. The van der Waals surface area contributed by atoms with E-state index in [-0.39, 0.29) is 0 Å². The van der Waals surface area contributed by atoms with E-state index in [1.165, 1.54) is 0 Å². The van der Waals surface area contributed by atoms with Crippen molar-refractivity contribution in [2.24, 2.45) is 0 Å². The largest absolute Gasteiger partial charge is 0.493 e. The van der Waals surface area contributed by atoms with Crippen molar-refractivity contribution < 1.29 is 14.3 Å². The Morgan fingerprint density at radius 3 is 2.71 bits per heavy atom. The van der Waals surface area contributed by atoms with Gasteiger partial charge in [-0.2, -0.15) is 0 Å². The molecule has 24 heavy (non-hydrogen) atoms. The molecule has 0 fully saturated rings. The molecular formula is C18H23N3O3. The molecule has 0 saturated carbocycles. The average molecular weight is 329 g/mol. The first-order valence-electron chi connectivity index (χ1n) is 8.05. The van der Waals surface area contributed by atoms with Crippen LogP contribution < -0.4 is 15.8 Å². The first-order valence-corrected chi connectivity index (χ1v) is 8.05. The number of ether oxygens (including phenoxy) is 2. The van der Waals surface area contributed by atoms with Crippen LogP contribution in [-0.2, 0) is 11.2 Å². The topological polar surface area (TPSA) is 86.5 Å². The minimum atomic E-state index is -0.480. The van der Waals surface area contributed by atoms with Crippen molar-refractivity contribution in [3.8, 4) is 5.75 Å². The van der Waals surface area contributed by atoms with E-state index >= 15 is 0 Å². The SMILES string of the molecule is CCCCOC(=O)Nc1cccc(CCOc2ccc(N)cc2)n1. The van der Waals surface area contributed by atoms with Gasteiger partial charge in [0.15, 0.2) is 0 Å². The van der Waals surface area contributed by atoms with Crippen LogP contribution >= 0.6 is 0 Å². The second-order valence-electron chi connectivity index (χ2n) is 5.30. The molecule has 6 nitrogen and oxygen atoms in total. The Hall–Kier alpha value is -2.76. The van der Waals surface area contributed by atoms with Crippen LogP contribution in [0.5, 0.6) is 5.75 Å². The predicted octanol–water partition coefficient (Wildman–Crippen LogP) is 3.63. The van der Waals surface area contributed by atoms with E-state index in [1.54, 1.807) is 18.2 Å². The van der Waals surface area contributed by atoms with Crippen molar-refractivity contribution in [2.45, 2.75) is 26.2 Å². The molecule has 0 spiro atoms. The van der Waals surface area contributed by atoms with Crippen molar-refractivity contribution in [3.63, 3.8) is 0 Å². The first-order chi connectivity index (χ1) is 11.7. The van der Waals surface area contributed by atoms with E-state index < -0.39 is 6.09 Å². The first kappa shape index (κ1) is 17.6. The maximum atomic E-state index is 11.6. The molecule has 0 radical (unpaired) electrons. The van der Waals surface area contributed by atoms with Gasteiger partial charge >= 0.3 is 6.09 Å². The van der Waals surface area contributed by atoms with Crippen molar-refractivity contribution in [2.75, 3.05) is 24.3 Å². The highest BCUT2D eigenvalue weighted by Crippen LogP contribution is 2.13. The molecule has 2 aromatic rings. The van der Waals surface area contributed by atoms with Gasteiger partial charge in [0.2, 0.25) is 0 Å². The van der Waals surface area contributed by atoms with Crippen molar-refractivity contribution in [3.05, 3.63) is 48.2 Å². The van der Waals surface area contributed by atoms with Gasteiger partial charge in [-0.15, -0.1) is 0 Å². The van der Waals surface area contributed by atoms with Crippen molar-refractivity contribution in [1.82, 2.24) is 4.98 Å². The van der Waals surface area contributed by atoms with Gasteiger partial charge in [0.1, 0.15) is 11.6 Å². The fraction of sp³-hybridized carbons (Fsp3) is 0.333. The molecule has 1 aromatic carbocycles. The monoisotopic (exact) mass is 329 g/mol. The van der Waals surface area contributed by atoms with Crippen LogP contribution in [0.25, 0.3) is 0 Å². The summed E-state index contributed by atoms with van der Waals surface area (Å²) in [5.41, 5.74) is 7.16. The highest BCUT2D eigenvalue weighted by molar-refractivity contribution is 5.83. The summed E-state index contributed by atoms with van der Waals surface area (Å²) in [5.74, 6) is 1.24. The molecule has 1 aromatic heterocycles. The Balaban J connectivity index is 1.79. The third-order valence-electron chi connectivity index (χ3n) is 3.27. The van der Waals surface area contributed by atoms with Crippen LogP contribution in [0.2, 0.25) is 0 Å². The lowest BCUT2D eigenvalue weighted by atomic mass is 10.2. The quantitative estimate of drug-likeness (QED) is 0.570. The van der Waals surface area contributed by atoms with E-state index in [2.05, 4.69) is 10.3 Å². The van der Waals surface area contributed by atoms with Gasteiger partial charge in [0.25, 0.3) is 0 Å². The number of carbonyl (C=O) groups is 1. The number of nitrogen functional groups attached to an aromatic ring is 1. The van der Waals surface area contributed by atoms with Gasteiger partial charge in [-0.25, -0.2) is 9.78 Å². The number of nitrogens with one attached hydrogen (secondary N) is 1. The summed E-state index contributed by atoms with van der Waals surface area (Å²) in [5, 5.41) is 2.63. The summed E-state index contributed by atoms with van der Waals surface area (Å²) in [4.78, 5) is 16.0. The zero-order valence-corrected chi connectivity index (χ0v) is 13.8. The number of benzene rings is 1. The summed E-state index contributed by atoms with van der Waals surface area (Å²) < 4.78 is 10.7. The number of pyridine rings is 1. The number of hydrogen-bond donors (Lipinski definition) is 2. The normalized spacial score (nSPS) is 10.2. The lowest BCUT2D eigenvalue weighted by Gasteiger charge is -2.08. The molecule has 0 atom stereocenters. The summed E-state index contributed by atoms with van der Waals surface area (Å²) in [6, 6.07) is 12.7. The highest BCUT2D eigenvalue weighted by atomic mass is 16.5. The van der Waals surface area contributed by atoms with Crippen LogP contribution in [-0.4, -0.2) is 24.3 Å². The average Bonchev–Trinajstić information content (AvgIpc) is 2.57. The molecule has 128 valence electrons. The summed E-state index contributed by atoms with van der Waals surface area (Å²) in [6.07, 6.45) is 1.98. The van der Waals surface area contributed by atoms with Crippen LogP contribution in [0.15, 0.2) is 42.5 Å². The van der Waals surface area contributed by atoms with Crippen molar-refractivity contribution in [1.29, 1.82) is 0 Å². The van der Waals surface area contributed by atoms with Crippen LogP contribution in [0, 0.1) is 0 Å². The van der Waals surface area contributed by atoms with E-state index in [1.807, 2.05) is 31.2 Å². The molecule has 3 N–H and O–H groups in total. The van der Waals surface area contributed by atoms with E-state index in [9.17, 15) is 4.79 Å². The number of unbranched alkanes of at least 4 members (excludes halogenated alkanes) is 1. The van der Waals surface area contributed by atoms with E-state index in [4.69, 9.17) is 15.2 Å². The van der Waals surface area contributed by atoms with E-state index in [0.29, 0.717) is 31.1 Å². The molecule has 0 aliphatic rings. The molecule has 1 heterocycles. The number of carbonyl (C=O) groups excluding carboxylic acids is 1. The summed E-state index contributed by atoms with van der Waals surface area (Å²) >= 11 is 0. The standard InChI is InChI=1S/C18H23N3O3/c1-2-3-12-24-18(22)21-17-6-4-5-15(20-17)11-13-23-16-9-7-14(19)8-10-16/h4-10H,2-3,11-13,19H2,1H3,(H,20,21,22). The van der Waals surface area contributed by atoms with Crippen LogP contribution in [0.4, 0.5) is 16.3 Å². The van der Waals surface area contributed by atoms with Gasteiger partial charge in [0.05, 0.1) is 13.2 Å². The number of anilines is 2. The maximum absolute atomic E-state index is 11.6. The second kappa shape index (κ2) is 9.39. The minimum absolute atomic E-state index is 0.414. The van der Waals surface area contributed by atoms with Gasteiger partial charge in [-0.1, -0.05) is 19.4 Å². The Morgan fingerprint density at radius 2 is 1.96 bits per heavy atom. The van der Waals surface area contributed by atoms with Gasteiger partial charge in [-0.05, 0) is 42.8 Å². The number of nitrogens with zero attached hydrogens (tertiary/aromatic N) is 1. The second-order valence-corrected chi connectivity index (χ2v) is 5.30. The van der Waals surface area contributed by atoms with Gasteiger partial charge in [0, 0.05) is 17.8 Å².